The highest BCUT2D eigenvalue weighted by molar-refractivity contribution is 8.00. The number of nitrogens with one attached hydrogen (secondary N) is 2. The summed E-state index contributed by atoms with van der Waals surface area (Å²) in [6.45, 7) is 4.40. The quantitative estimate of drug-likeness (QED) is 0.348. The van der Waals surface area contributed by atoms with Crippen LogP contribution in [0.15, 0.2) is 48.7 Å². The van der Waals surface area contributed by atoms with E-state index < -0.39 is 9.71 Å². The Morgan fingerprint density at radius 1 is 1.21 bits per heavy atom. The van der Waals surface area contributed by atoms with Gasteiger partial charge in [0.2, 0.25) is 0 Å². The first kappa shape index (κ1) is 20.0. The summed E-state index contributed by atoms with van der Waals surface area (Å²) in [6, 6.07) is 13.1. The molecule has 2 heterocycles. The van der Waals surface area contributed by atoms with E-state index in [0.717, 1.165) is 39.5 Å². The molecule has 2 N–H and O–H groups in total. The fraction of sp³-hybridized carbons (Fsp3) is 0.261. The first-order valence-corrected chi connectivity index (χ1v) is 12.6. The van der Waals surface area contributed by atoms with Gasteiger partial charge in [-0.3, -0.25) is 0 Å². The summed E-state index contributed by atoms with van der Waals surface area (Å²) >= 11 is 1.73. The summed E-state index contributed by atoms with van der Waals surface area (Å²) in [5.74, 6) is 3.50. The Morgan fingerprint density at radius 3 is 2.66 bits per heavy atom. The molecule has 0 spiro atoms. The number of fused-ring (bicyclic) bond motifs is 2. The van der Waals surface area contributed by atoms with E-state index in [0.29, 0.717) is 0 Å². The largest absolute Gasteiger partial charge is 0.359 e. The second-order valence-corrected chi connectivity index (χ2v) is 10.9. The third-order valence-corrected chi connectivity index (χ3v) is 7.69. The van der Waals surface area contributed by atoms with Gasteiger partial charge in [-0.25, -0.2) is 8.60 Å². The monoisotopic (exact) mass is 428 g/mol. The summed E-state index contributed by atoms with van der Waals surface area (Å²) < 4.78 is 30.1. The van der Waals surface area contributed by atoms with Crippen LogP contribution in [-0.2, 0) is 15.1 Å². The van der Waals surface area contributed by atoms with Crippen molar-refractivity contribution < 1.29 is 8.60 Å². The standard InChI is InChI=1S/C23H25FN2OS2/c1-5-23(6-2,21-13-15-12-16(24)10-11-20(15)28-21)18-14-25-22-17(18)8-7-9-19(22)26-29(3,4)27/h7-14,25H,3,5-6H2,1-2,4H3,(H,26,27). The van der Waals surface area contributed by atoms with Gasteiger partial charge >= 0.3 is 0 Å². The average molecular weight is 429 g/mol. The van der Waals surface area contributed by atoms with Gasteiger partial charge in [-0.15, -0.1) is 11.3 Å². The molecule has 0 amide bonds. The molecule has 6 heteroatoms. The second-order valence-electron chi connectivity index (χ2n) is 7.62. The van der Waals surface area contributed by atoms with Crippen molar-refractivity contribution in [1.82, 2.24) is 4.98 Å². The summed E-state index contributed by atoms with van der Waals surface area (Å²) in [5, 5.41) is 2.05. The van der Waals surface area contributed by atoms with E-state index in [1.54, 1.807) is 23.7 Å². The van der Waals surface area contributed by atoms with E-state index in [1.165, 1.54) is 16.5 Å². The molecule has 4 aromatic rings. The van der Waals surface area contributed by atoms with Crippen LogP contribution >= 0.6 is 11.3 Å². The molecule has 0 fully saturated rings. The topological polar surface area (TPSA) is 44.9 Å². The van der Waals surface area contributed by atoms with E-state index in [2.05, 4.69) is 47.8 Å². The second kappa shape index (κ2) is 7.18. The highest BCUT2D eigenvalue weighted by Crippen LogP contribution is 2.47. The Hall–Kier alpha value is -2.31. The minimum Gasteiger partial charge on any atom is -0.359 e. The lowest BCUT2D eigenvalue weighted by Gasteiger charge is -2.31. The van der Waals surface area contributed by atoms with E-state index in [9.17, 15) is 8.60 Å². The molecular formula is C23H25FN2OS2. The SMILES string of the molecule is C=S(C)(=O)Nc1cccc2c(C(CC)(CC)c3cc4cc(F)ccc4s3)c[nH]c12. The summed E-state index contributed by atoms with van der Waals surface area (Å²) in [7, 11) is -2.38. The van der Waals surface area contributed by atoms with Gasteiger partial charge in [0.1, 0.15) is 5.82 Å². The predicted octanol–water partition coefficient (Wildman–Crippen LogP) is 6.30. The summed E-state index contributed by atoms with van der Waals surface area (Å²) in [5.41, 5.74) is 2.74. The van der Waals surface area contributed by atoms with Gasteiger partial charge in [0.15, 0.2) is 0 Å². The van der Waals surface area contributed by atoms with Crippen LogP contribution < -0.4 is 4.72 Å². The molecule has 152 valence electrons. The van der Waals surface area contributed by atoms with Crippen molar-refractivity contribution in [2.75, 3.05) is 11.0 Å². The molecule has 0 bridgehead atoms. The van der Waals surface area contributed by atoms with Crippen molar-refractivity contribution in [3.8, 4) is 0 Å². The van der Waals surface area contributed by atoms with Gasteiger partial charge in [-0.05, 0) is 60.0 Å². The van der Waals surface area contributed by atoms with Crippen molar-refractivity contribution >= 4 is 53.6 Å². The zero-order valence-electron chi connectivity index (χ0n) is 16.8. The van der Waals surface area contributed by atoms with Crippen LogP contribution in [0.5, 0.6) is 0 Å². The Labute approximate surface area is 175 Å². The molecule has 1 atom stereocenters. The lowest BCUT2D eigenvalue weighted by atomic mass is 9.74. The van der Waals surface area contributed by atoms with Crippen LogP contribution in [0.3, 0.4) is 0 Å². The number of H-pyrrole nitrogens is 1. The molecule has 4 rings (SSSR count). The maximum Gasteiger partial charge on any atom is 0.123 e. The van der Waals surface area contributed by atoms with Gasteiger partial charge in [-0.2, -0.15) is 0 Å². The first-order valence-electron chi connectivity index (χ1n) is 9.67. The molecule has 29 heavy (non-hydrogen) atoms. The molecule has 2 aromatic heterocycles. The number of hydrogen-bond acceptors (Lipinski definition) is 2. The van der Waals surface area contributed by atoms with Gasteiger partial charge in [0, 0.05) is 42.5 Å². The van der Waals surface area contributed by atoms with Gasteiger partial charge in [-0.1, -0.05) is 26.0 Å². The number of aromatic nitrogens is 1. The minimum absolute atomic E-state index is 0.185. The normalized spacial score (nSPS) is 14.3. The number of para-hydroxylation sites is 1. The Morgan fingerprint density at radius 2 is 1.97 bits per heavy atom. The fourth-order valence-corrected chi connectivity index (χ4v) is 6.25. The van der Waals surface area contributed by atoms with Crippen LogP contribution in [0.25, 0.3) is 21.0 Å². The fourth-order valence-electron chi connectivity index (χ4n) is 4.23. The highest BCUT2D eigenvalue weighted by Gasteiger charge is 2.35. The third-order valence-electron chi connectivity index (χ3n) is 5.71. The van der Waals surface area contributed by atoms with E-state index in [4.69, 9.17) is 0 Å². The predicted molar refractivity (Wildman–Crippen MR) is 126 cm³/mol. The molecule has 0 aliphatic rings. The number of thiophene rings is 1. The van der Waals surface area contributed by atoms with Gasteiger partial charge in [0.25, 0.3) is 0 Å². The number of halogens is 1. The summed E-state index contributed by atoms with van der Waals surface area (Å²) in [4.78, 5) is 4.63. The van der Waals surface area contributed by atoms with Crippen LogP contribution in [0.2, 0.25) is 0 Å². The zero-order valence-corrected chi connectivity index (χ0v) is 18.5. The molecule has 0 saturated heterocycles. The van der Waals surface area contributed by atoms with Crippen molar-refractivity contribution in [3.63, 3.8) is 0 Å². The molecule has 0 saturated carbocycles. The van der Waals surface area contributed by atoms with E-state index in [-0.39, 0.29) is 11.2 Å². The Bertz CT molecular complexity index is 1300. The Kier molecular flexibility index (Phi) is 4.95. The number of aromatic amines is 1. The van der Waals surface area contributed by atoms with E-state index >= 15 is 0 Å². The number of benzene rings is 2. The van der Waals surface area contributed by atoms with Crippen LogP contribution in [-0.4, -0.2) is 21.3 Å². The lowest BCUT2D eigenvalue weighted by Crippen LogP contribution is -2.24. The van der Waals surface area contributed by atoms with Crippen molar-refractivity contribution in [2.45, 2.75) is 32.1 Å². The molecule has 2 aromatic carbocycles. The third kappa shape index (κ3) is 3.45. The first-order chi connectivity index (χ1) is 13.8. The smallest absolute Gasteiger partial charge is 0.123 e. The zero-order chi connectivity index (χ0) is 20.8. The average Bonchev–Trinajstić information content (AvgIpc) is 3.28. The molecular weight excluding hydrogens is 403 g/mol. The maximum absolute atomic E-state index is 13.7. The van der Waals surface area contributed by atoms with Crippen molar-refractivity contribution in [2.24, 2.45) is 0 Å². The van der Waals surface area contributed by atoms with Crippen molar-refractivity contribution in [1.29, 1.82) is 0 Å². The number of anilines is 1. The molecule has 0 radical (unpaired) electrons. The number of rotatable bonds is 6. The molecule has 0 aliphatic carbocycles. The van der Waals surface area contributed by atoms with Gasteiger partial charge in [0.05, 0.1) is 11.2 Å². The highest BCUT2D eigenvalue weighted by atomic mass is 32.2. The lowest BCUT2D eigenvalue weighted by molar-refractivity contribution is 0.492. The number of hydrogen-bond donors (Lipinski definition) is 2. The van der Waals surface area contributed by atoms with Crippen LogP contribution in [0.4, 0.5) is 10.1 Å². The van der Waals surface area contributed by atoms with Crippen molar-refractivity contribution in [3.05, 3.63) is 64.9 Å². The Balaban J connectivity index is 1.93. The van der Waals surface area contributed by atoms with Crippen LogP contribution in [0.1, 0.15) is 37.1 Å². The van der Waals surface area contributed by atoms with Crippen LogP contribution in [0, 0.1) is 5.82 Å². The summed E-state index contributed by atoms with van der Waals surface area (Å²) in [6.07, 6.45) is 5.50. The van der Waals surface area contributed by atoms with E-state index in [1.807, 2.05) is 18.2 Å². The van der Waals surface area contributed by atoms with Gasteiger partial charge < -0.3 is 9.71 Å². The minimum atomic E-state index is -2.38. The molecule has 3 nitrogen and oxygen atoms in total. The molecule has 1 unspecified atom stereocenters. The maximum atomic E-state index is 13.7. The molecule has 0 aliphatic heterocycles.